The predicted octanol–water partition coefficient (Wildman–Crippen LogP) is 1.63. The first-order valence-corrected chi connectivity index (χ1v) is 5.94. The van der Waals surface area contributed by atoms with Crippen LogP contribution in [0.25, 0.3) is 0 Å². The van der Waals surface area contributed by atoms with Crippen molar-refractivity contribution in [2.45, 2.75) is 12.6 Å². The highest BCUT2D eigenvalue weighted by molar-refractivity contribution is 6.13. The van der Waals surface area contributed by atoms with Gasteiger partial charge in [0.2, 0.25) is 0 Å². The third kappa shape index (κ3) is 3.76. The first-order valence-electron chi connectivity index (χ1n) is 5.60. The van der Waals surface area contributed by atoms with Crippen LogP contribution in [0.5, 0.6) is 0 Å². The Morgan fingerprint density at radius 3 is 2.94 bits per heavy atom. The molecular formula is C12H17ClN2O. The second kappa shape index (κ2) is 6.21. The van der Waals surface area contributed by atoms with Crippen molar-refractivity contribution in [2.24, 2.45) is 0 Å². The van der Waals surface area contributed by atoms with Crippen molar-refractivity contribution in [3.05, 3.63) is 35.9 Å². The van der Waals surface area contributed by atoms with Gasteiger partial charge in [-0.05, 0) is 17.3 Å². The van der Waals surface area contributed by atoms with E-state index in [1.54, 1.807) is 0 Å². The van der Waals surface area contributed by atoms with Crippen molar-refractivity contribution < 1.29 is 4.74 Å². The van der Waals surface area contributed by atoms with Gasteiger partial charge in [0.25, 0.3) is 0 Å². The number of rotatable bonds is 4. The molecule has 0 unspecified atom stereocenters. The SMILES string of the molecule is ClN1CCN[C@@H](COCc2ccccc2)C1. The van der Waals surface area contributed by atoms with Gasteiger partial charge in [0.05, 0.1) is 13.2 Å². The molecule has 88 valence electrons. The quantitative estimate of drug-likeness (QED) is 0.810. The maximum Gasteiger partial charge on any atom is 0.0717 e. The zero-order valence-electron chi connectivity index (χ0n) is 9.23. The molecule has 1 aliphatic heterocycles. The summed E-state index contributed by atoms with van der Waals surface area (Å²) in [7, 11) is 0. The molecule has 0 aromatic heterocycles. The van der Waals surface area contributed by atoms with E-state index in [0.717, 1.165) is 19.6 Å². The first kappa shape index (κ1) is 11.9. The fourth-order valence-electron chi connectivity index (χ4n) is 1.79. The monoisotopic (exact) mass is 240 g/mol. The zero-order valence-corrected chi connectivity index (χ0v) is 9.99. The Morgan fingerprint density at radius 2 is 2.19 bits per heavy atom. The van der Waals surface area contributed by atoms with Gasteiger partial charge in [-0.25, -0.2) is 4.42 Å². The van der Waals surface area contributed by atoms with Gasteiger partial charge >= 0.3 is 0 Å². The Balaban J connectivity index is 1.68. The summed E-state index contributed by atoms with van der Waals surface area (Å²) in [6.45, 7) is 4.05. The van der Waals surface area contributed by atoms with E-state index in [0.29, 0.717) is 19.3 Å². The summed E-state index contributed by atoms with van der Waals surface area (Å²) in [6.07, 6.45) is 0. The lowest BCUT2D eigenvalue weighted by Crippen LogP contribution is -2.49. The Morgan fingerprint density at radius 1 is 1.38 bits per heavy atom. The van der Waals surface area contributed by atoms with E-state index in [2.05, 4.69) is 17.4 Å². The fraction of sp³-hybridized carbons (Fsp3) is 0.500. The molecule has 2 rings (SSSR count). The van der Waals surface area contributed by atoms with Crippen LogP contribution in [0.15, 0.2) is 30.3 Å². The van der Waals surface area contributed by atoms with Crippen LogP contribution in [-0.4, -0.2) is 36.7 Å². The van der Waals surface area contributed by atoms with Gasteiger partial charge in [-0.2, -0.15) is 0 Å². The number of piperazine rings is 1. The van der Waals surface area contributed by atoms with Crippen molar-refractivity contribution in [3.63, 3.8) is 0 Å². The molecule has 1 aliphatic rings. The maximum atomic E-state index is 5.95. The molecule has 1 atom stereocenters. The van der Waals surface area contributed by atoms with Gasteiger partial charge in [0, 0.05) is 25.7 Å². The topological polar surface area (TPSA) is 24.5 Å². The van der Waals surface area contributed by atoms with Gasteiger partial charge in [-0.3, -0.25) is 0 Å². The summed E-state index contributed by atoms with van der Waals surface area (Å²) in [4.78, 5) is 0. The Bertz CT molecular complexity index is 307. The summed E-state index contributed by atoms with van der Waals surface area (Å²) in [5.41, 5.74) is 1.21. The maximum absolute atomic E-state index is 5.95. The molecule has 0 spiro atoms. The van der Waals surface area contributed by atoms with Crippen molar-refractivity contribution in [1.29, 1.82) is 0 Å². The number of nitrogens with one attached hydrogen (secondary N) is 1. The number of ether oxygens (including phenoxy) is 1. The highest BCUT2D eigenvalue weighted by Gasteiger charge is 2.17. The van der Waals surface area contributed by atoms with E-state index in [9.17, 15) is 0 Å². The smallest absolute Gasteiger partial charge is 0.0717 e. The third-order valence-corrected chi connectivity index (χ3v) is 2.94. The number of hydrogen-bond acceptors (Lipinski definition) is 3. The highest BCUT2D eigenvalue weighted by atomic mass is 35.5. The Kier molecular flexibility index (Phi) is 4.60. The van der Waals surface area contributed by atoms with Gasteiger partial charge in [-0.1, -0.05) is 30.3 Å². The van der Waals surface area contributed by atoms with Gasteiger partial charge in [0.15, 0.2) is 0 Å². The number of nitrogens with zero attached hydrogens (tertiary/aromatic N) is 1. The van der Waals surface area contributed by atoms with Crippen LogP contribution in [0.1, 0.15) is 5.56 Å². The second-order valence-corrected chi connectivity index (χ2v) is 4.50. The molecule has 3 nitrogen and oxygen atoms in total. The van der Waals surface area contributed by atoms with Crippen molar-refractivity contribution in [2.75, 3.05) is 26.2 Å². The Hall–Kier alpha value is -0.610. The molecule has 0 amide bonds. The number of hydrogen-bond donors (Lipinski definition) is 1. The van der Waals surface area contributed by atoms with Crippen LogP contribution in [0, 0.1) is 0 Å². The standard InChI is InChI=1S/C12H17ClN2O/c13-15-7-6-14-12(8-15)10-16-9-11-4-2-1-3-5-11/h1-5,12,14H,6-10H2/t12-/m1/s1. The minimum atomic E-state index is 0.343. The fourth-order valence-corrected chi connectivity index (χ4v) is 2.04. The molecule has 0 radical (unpaired) electrons. The highest BCUT2D eigenvalue weighted by Crippen LogP contribution is 2.05. The van der Waals surface area contributed by atoms with E-state index in [4.69, 9.17) is 16.5 Å². The number of benzene rings is 1. The van der Waals surface area contributed by atoms with Crippen molar-refractivity contribution in [1.82, 2.24) is 9.74 Å². The van der Waals surface area contributed by atoms with Crippen molar-refractivity contribution >= 4 is 11.8 Å². The van der Waals surface area contributed by atoms with Gasteiger partial charge in [0.1, 0.15) is 0 Å². The summed E-state index contributed by atoms with van der Waals surface area (Å²) in [5.74, 6) is 0. The predicted molar refractivity (Wildman–Crippen MR) is 65.3 cm³/mol. The van der Waals surface area contributed by atoms with E-state index in [1.807, 2.05) is 22.6 Å². The molecule has 4 heteroatoms. The minimum Gasteiger partial charge on any atom is -0.375 e. The normalized spacial score (nSPS) is 22.2. The van der Waals surface area contributed by atoms with Crippen LogP contribution < -0.4 is 5.32 Å². The lowest BCUT2D eigenvalue weighted by Gasteiger charge is -2.28. The molecule has 1 aromatic carbocycles. The Labute approximate surface area is 101 Å². The summed E-state index contributed by atoms with van der Waals surface area (Å²) < 4.78 is 7.47. The summed E-state index contributed by atoms with van der Waals surface area (Å²) >= 11 is 5.95. The molecule has 0 bridgehead atoms. The third-order valence-electron chi connectivity index (χ3n) is 2.64. The van der Waals surface area contributed by atoms with E-state index >= 15 is 0 Å². The van der Waals surface area contributed by atoms with Gasteiger partial charge in [-0.15, -0.1) is 0 Å². The largest absolute Gasteiger partial charge is 0.375 e. The lowest BCUT2D eigenvalue weighted by molar-refractivity contribution is 0.0858. The van der Waals surface area contributed by atoms with Crippen LogP contribution in [0.4, 0.5) is 0 Å². The molecule has 1 fully saturated rings. The molecular weight excluding hydrogens is 224 g/mol. The van der Waals surface area contributed by atoms with Crippen LogP contribution in [-0.2, 0) is 11.3 Å². The average molecular weight is 241 g/mol. The van der Waals surface area contributed by atoms with E-state index in [1.165, 1.54) is 5.56 Å². The zero-order chi connectivity index (χ0) is 11.2. The average Bonchev–Trinajstić information content (AvgIpc) is 2.30. The minimum absolute atomic E-state index is 0.343. The second-order valence-electron chi connectivity index (χ2n) is 4.02. The molecule has 0 aliphatic carbocycles. The summed E-state index contributed by atoms with van der Waals surface area (Å²) in [5, 5.41) is 3.38. The molecule has 0 saturated carbocycles. The van der Waals surface area contributed by atoms with E-state index in [-0.39, 0.29) is 0 Å². The molecule has 1 heterocycles. The molecule has 1 aromatic rings. The molecule has 1 N–H and O–H groups in total. The van der Waals surface area contributed by atoms with Crippen LogP contribution >= 0.6 is 11.8 Å². The van der Waals surface area contributed by atoms with E-state index < -0.39 is 0 Å². The van der Waals surface area contributed by atoms with Gasteiger partial charge < -0.3 is 10.1 Å². The van der Waals surface area contributed by atoms with Crippen molar-refractivity contribution in [3.8, 4) is 0 Å². The lowest BCUT2D eigenvalue weighted by atomic mass is 10.2. The number of halogens is 1. The van der Waals surface area contributed by atoms with Crippen LogP contribution in [0.2, 0.25) is 0 Å². The summed E-state index contributed by atoms with van der Waals surface area (Å²) in [6, 6.07) is 10.5. The van der Waals surface area contributed by atoms with Crippen LogP contribution in [0.3, 0.4) is 0 Å². The molecule has 1 saturated heterocycles. The first-order chi connectivity index (χ1) is 7.84. The molecule has 16 heavy (non-hydrogen) atoms.